The summed E-state index contributed by atoms with van der Waals surface area (Å²) in [6, 6.07) is 20.3. The Morgan fingerprint density at radius 3 is 1.39 bits per heavy atom. The highest BCUT2D eigenvalue weighted by Crippen LogP contribution is 2.21. The molecule has 0 saturated heterocycles. The zero-order chi connectivity index (χ0) is 25.8. The lowest BCUT2D eigenvalue weighted by Gasteiger charge is -2.08. The summed E-state index contributed by atoms with van der Waals surface area (Å²) >= 11 is -0.219. The summed E-state index contributed by atoms with van der Waals surface area (Å²) in [6.45, 7) is 0. The Kier molecular flexibility index (Phi) is 12.5. The third-order valence-electron chi connectivity index (χ3n) is 2.55. The second-order valence-corrected chi connectivity index (χ2v) is 10.1. The molecule has 0 aliphatic heterocycles. The average molecular weight is 627 g/mol. The molecule has 2 aromatic rings. The molecule has 0 aliphatic rings. The van der Waals surface area contributed by atoms with Crippen LogP contribution in [0, 0.1) is 25.3 Å². The van der Waals surface area contributed by atoms with Crippen LogP contribution in [0.1, 0.15) is 5.56 Å². The van der Waals surface area contributed by atoms with Crippen LogP contribution in [0.4, 0.5) is 26.3 Å². The number of hydrogen-bond acceptors (Lipinski definition) is 6. The predicted molar refractivity (Wildman–Crippen MR) is 97.7 cm³/mol. The summed E-state index contributed by atoms with van der Waals surface area (Å²) in [5.74, 6) is 8.83. The maximum Gasteiger partial charge on any atom is 0.485 e. The fourth-order valence-electron chi connectivity index (χ4n) is 1.20. The van der Waals surface area contributed by atoms with E-state index >= 15 is 0 Å². The first kappa shape index (κ1) is 30.7. The van der Waals surface area contributed by atoms with Gasteiger partial charge in [-0.25, -0.2) is 16.8 Å². The van der Waals surface area contributed by atoms with Crippen LogP contribution in [-0.2, 0) is 20.2 Å². The fraction of sp³-hybridized carbons (Fsp3) is 0.111. The molecule has 0 bridgehead atoms. The van der Waals surface area contributed by atoms with E-state index in [1.54, 1.807) is 0 Å². The van der Waals surface area contributed by atoms with E-state index in [4.69, 9.17) is 25.9 Å². The van der Waals surface area contributed by atoms with Gasteiger partial charge in [-0.15, -0.1) is 0 Å². The summed E-state index contributed by atoms with van der Waals surface area (Å²) in [4.78, 5) is 0. The average Bonchev–Trinajstić information content (AvgIpc) is 2.67. The lowest BCUT2D eigenvalue weighted by molar-refractivity contribution is -0.535. The van der Waals surface area contributed by atoms with Gasteiger partial charge in [0.15, 0.2) is 20.2 Å². The smallest absolute Gasteiger partial charge is 0.485 e. The van der Waals surface area contributed by atoms with Crippen LogP contribution < -0.4 is 21.2 Å². The summed E-state index contributed by atoms with van der Waals surface area (Å²) in [7, 11) is -12.2. The van der Waals surface area contributed by atoms with Crippen molar-refractivity contribution in [1.82, 2.24) is 0 Å². The molecule has 0 N–H and O–H groups in total. The molecule has 2 aromatic carbocycles. The Morgan fingerprint density at radius 1 is 0.667 bits per heavy atom. The minimum absolute atomic E-state index is 0.219. The molecule has 33 heavy (non-hydrogen) atoms. The van der Waals surface area contributed by atoms with Gasteiger partial charge in [0.05, 0.1) is 0 Å². The quantitative estimate of drug-likeness (QED) is 0.145. The highest BCUT2D eigenvalue weighted by Gasteiger charge is 2.37. The van der Waals surface area contributed by atoms with Crippen LogP contribution in [0.2, 0.25) is 0 Å². The van der Waals surface area contributed by atoms with E-state index in [2.05, 4.69) is 33.8 Å². The lowest BCUT2D eigenvalue weighted by Crippen LogP contribution is -3.59. The van der Waals surface area contributed by atoms with Crippen molar-refractivity contribution in [3.8, 4) is 21.7 Å². The van der Waals surface area contributed by atoms with Crippen LogP contribution >= 0.6 is 0 Å². The molecule has 0 fully saturated rings. The zero-order valence-corrected chi connectivity index (χ0v) is 19.5. The normalized spacial score (nSPS) is 11.2. The highest BCUT2D eigenvalue weighted by molar-refractivity contribution is 7.86. The highest BCUT2D eigenvalue weighted by atomic mass is 127. The molecule has 2 rings (SSSR count). The summed E-state index contributed by atoms with van der Waals surface area (Å²) in [6.07, 6.45) is 0. The minimum atomic E-state index is -6.09. The standard InChI is InChI=1S/C16H10I.2CHF3O3S/c1-3-9-15(10-4-1)11-7-8-14-17-16-12-5-2-6-13-16;2*2-1(3,4)8(5,6)7/h1-6,9-10,12-13H;2*(H,5,6,7)/q+1;;/p-2. The van der Waals surface area contributed by atoms with E-state index in [1.165, 1.54) is 3.57 Å². The Hall–Kier alpha value is -2.31. The molecule has 0 amide bonds. The zero-order valence-electron chi connectivity index (χ0n) is 15.7. The van der Waals surface area contributed by atoms with E-state index in [1.807, 2.05) is 48.5 Å². The van der Waals surface area contributed by atoms with Gasteiger partial charge in [0, 0.05) is 11.5 Å². The largest absolute Gasteiger partial charge is 0.741 e. The Labute approximate surface area is 195 Å². The van der Waals surface area contributed by atoms with Gasteiger partial charge < -0.3 is 9.11 Å². The van der Waals surface area contributed by atoms with Gasteiger partial charge in [-0.05, 0) is 30.2 Å². The van der Waals surface area contributed by atoms with Crippen LogP contribution in [-0.4, -0.2) is 37.0 Å². The predicted octanol–water partition coefficient (Wildman–Crippen LogP) is 0.0606. The van der Waals surface area contributed by atoms with E-state index in [0.29, 0.717) is 0 Å². The molecule has 180 valence electrons. The van der Waals surface area contributed by atoms with Gasteiger partial charge in [-0.3, -0.25) is 0 Å². The van der Waals surface area contributed by atoms with Gasteiger partial charge in [0.1, 0.15) is 0 Å². The SMILES string of the molecule is C(C#Cc1ccccc1)#C[I+]c1ccccc1.O=S(=O)([O-])C(F)(F)F.O=S(=O)([O-])C(F)(F)F. The molecule has 6 nitrogen and oxygen atoms in total. The molecule has 0 radical (unpaired) electrons. The maximum atomic E-state index is 10.7. The summed E-state index contributed by atoms with van der Waals surface area (Å²) < 4.78 is 122. The third kappa shape index (κ3) is 14.5. The van der Waals surface area contributed by atoms with Gasteiger partial charge in [0.25, 0.3) is 0 Å². The maximum absolute atomic E-state index is 10.7. The van der Waals surface area contributed by atoms with Gasteiger partial charge in [-0.2, -0.15) is 26.3 Å². The van der Waals surface area contributed by atoms with Crippen molar-refractivity contribution in [2.75, 3.05) is 0 Å². The second-order valence-electron chi connectivity index (χ2n) is 5.03. The number of rotatable bonds is 1. The van der Waals surface area contributed by atoms with Crippen molar-refractivity contribution in [1.29, 1.82) is 0 Å². The first-order valence-electron chi connectivity index (χ1n) is 7.74. The molecule has 0 saturated carbocycles. The first-order valence-corrected chi connectivity index (χ1v) is 12.7. The monoisotopic (exact) mass is 627 g/mol. The van der Waals surface area contributed by atoms with E-state index in [9.17, 15) is 26.3 Å². The van der Waals surface area contributed by atoms with Gasteiger partial charge in [-0.1, -0.05) is 42.3 Å². The van der Waals surface area contributed by atoms with E-state index in [-0.39, 0.29) is 21.2 Å². The first-order chi connectivity index (χ1) is 14.9. The number of benzene rings is 2. The molecule has 15 heteroatoms. The molecule has 0 heterocycles. The van der Waals surface area contributed by atoms with E-state index < -0.39 is 31.3 Å². The van der Waals surface area contributed by atoms with Crippen molar-refractivity contribution in [2.24, 2.45) is 0 Å². The molecule has 0 aliphatic carbocycles. The van der Waals surface area contributed by atoms with Gasteiger partial charge in [0.2, 0.25) is 7.50 Å². The molecule has 0 atom stereocenters. The second kappa shape index (κ2) is 13.4. The van der Waals surface area contributed by atoms with Crippen LogP contribution in [0.3, 0.4) is 0 Å². The Balaban J connectivity index is 0.000000539. The summed E-state index contributed by atoms with van der Waals surface area (Å²) in [5, 5.41) is 0. The topological polar surface area (TPSA) is 114 Å². The Bertz CT molecular complexity index is 1160. The molecular weight excluding hydrogens is 617 g/mol. The van der Waals surface area contributed by atoms with Gasteiger partial charge >= 0.3 is 32.2 Å². The summed E-state index contributed by atoms with van der Waals surface area (Å²) in [5.41, 5.74) is -10.3. The van der Waals surface area contributed by atoms with Crippen molar-refractivity contribution < 1.29 is 73.5 Å². The van der Waals surface area contributed by atoms with Crippen molar-refractivity contribution in [2.45, 2.75) is 11.0 Å². The fourth-order valence-corrected chi connectivity index (χ4v) is 2.56. The Morgan fingerprint density at radius 2 is 1.03 bits per heavy atom. The molecule has 0 aromatic heterocycles. The van der Waals surface area contributed by atoms with Crippen LogP contribution in [0.5, 0.6) is 0 Å². The minimum Gasteiger partial charge on any atom is -0.741 e. The van der Waals surface area contributed by atoms with Crippen LogP contribution in [0.25, 0.3) is 0 Å². The number of hydrogen-bond donors (Lipinski definition) is 0. The molecule has 0 unspecified atom stereocenters. The van der Waals surface area contributed by atoms with E-state index in [0.717, 1.165) is 5.56 Å². The molecule has 0 spiro atoms. The van der Waals surface area contributed by atoms with Crippen LogP contribution in [0.15, 0.2) is 60.7 Å². The van der Waals surface area contributed by atoms with Crippen molar-refractivity contribution >= 4 is 20.2 Å². The van der Waals surface area contributed by atoms with Crippen molar-refractivity contribution in [3.05, 3.63) is 69.8 Å². The third-order valence-corrected chi connectivity index (χ3v) is 5.56. The number of alkyl halides is 6. The molecular formula is C18H10F6IO6S2-. The van der Waals surface area contributed by atoms with Crippen molar-refractivity contribution in [3.63, 3.8) is 0 Å². The number of halogens is 7. The lowest BCUT2D eigenvalue weighted by atomic mass is 10.2.